The largest absolute Gasteiger partial charge is 0.467 e. The van der Waals surface area contributed by atoms with E-state index in [4.69, 9.17) is 15.2 Å². The smallest absolute Gasteiger partial charge is 0.254 e. The van der Waals surface area contributed by atoms with Crippen molar-refractivity contribution >= 4 is 11.7 Å². The van der Waals surface area contributed by atoms with Crippen LogP contribution in [0, 0.1) is 0 Å². The number of methoxy groups -OCH3 is 1. The summed E-state index contributed by atoms with van der Waals surface area (Å²) in [5, 5.41) is 6.28. The van der Waals surface area contributed by atoms with E-state index in [9.17, 15) is 9.59 Å². The maximum Gasteiger partial charge on any atom is 0.254 e. The van der Waals surface area contributed by atoms with E-state index in [1.54, 1.807) is 13.8 Å². The molecule has 8 nitrogen and oxygen atoms in total. The molecule has 0 aliphatic carbocycles. The van der Waals surface area contributed by atoms with Gasteiger partial charge in [0.2, 0.25) is 0 Å². The summed E-state index contributed by atoms with van der Waals surface area (Å²) >= 11 is 0. The molecule has 0 saturated heterocycles. The average molecular weight is 327 g/mol. The molecule has 1 atom stereocenters. The van der Waals surface area contributed by atoms with E-state index < -0.39 is 11.6 Å². The molecule has 8 heteroatoms. The number of ketones is 1. The molecule has 1 aromatic rings. The minimum Gasteiger partial charge on any atom is -0.467 e. The number of Topliss-reactive ketones (excluding diaryl/α,β-unsaturated/α-hetero) is 1. The maximum absolute atomic E-state index is 12.3. The van der Waals surface area contributed by atoms with E-state index in [0.29, 0.717) is 13.0 Å². The van der Waals surface area contributed by atoms with Crippen molar-refractivity contribution in [1.82, 2.24) is 10.5 Å². The molecule has 0 radical (unpaired) electrons. The molecule has 3 N–H and O–H groups in total. The molecular weight excluding hydrogens is 302 g/mol. The standard InChI is InChI=1S/C15H25N3O5/c1-15(2,21-3)14(20)17-11(6-4-5-8-16)12(19)10-22-13-7-9-23-18-13/h7,9,11H,4-6,8,10,16H2,1-3H3,(H,17,20). The van der Waals surface area contributed by atoms with Crippen molar-refractivity contribution in [3.63, 3.8) is 0 Å². The zero-order valence-corrected chi connectivity index (χ0v) is 13.8. The first kappa shape index (κ1) is 19.1. The van der Waals surface area contributed by atoms with Gasteiger partial charge in [0, 0.05) is 13.2 Å². The predicted octanol–water partition coefficient (Wildman–Crippen LogP) is 0.661. The van der Waals surface area contributed by atoms with Crippen LogP contribution >= 0.6 is 0 Å². The van der Waals surface area contributed by atoms with Gasteiger partial charge in [0.25, 0.3) is 11.8 Å². The van der Waals surface area contributed by atoms with Crippen molar-refractivity contribution in [3.8, 4) is 5.88 Å². The molecule has 0 aliphatic heterocycles. The van der Waals surface area contributed by atoms with Crippen molar-refractivity contribution in [1.29, 1.82) is 0 Å². The molecule has 0 aromatic carbocycles. The molecule has 130 valence electrons. The second-order valence-electron chi connectivity index (χ2n) is 5.62. The van der Waals surface area contributed by atoms with E-state index >= 15 is 0 Å². The fourth-order valence-electron chi connectivity index (χ4n) is 1.75. The number of nitrogens with two attached hydrogens (primary N) is 1. The predicted molar refractivity (Wildman–Crippen MR) is 82.9 cm³/mol. The van der Waals surface area contributed by atoms with Gasteiger partial charge in [0.1, 0.15) is 11.9 Å². The molecule has 0 saturated carbocycles. The number of hydrogen-bond donors (Lipinski definition) is 2. The van der Waals surface area contributed by atoms with Gasteiger partial charge in [-0.2, -0.15) is 0 Å². The Hall–Kier alpha value is -1.93. The van der Waals surface area contributed by atoms with Gasteiger partial charge < -0.3 is 25.0 Å². The van der Waals surface area contributed by atoms with E-state index in [1.165, 1.54) is 19.4 Å². The van der Waals surface area contributed by atoms with E-state index in [1.807, 2.05) is 0 Å². The fourth-order valence-corrected chi connectivity index (χ4v) is 1.75. The second kappa shape index (κ2) is 9.26. The summed E-state index contributed by atoms with van der Waals surface area (Å²) in [5.41, 5.74) is 4.46. The lowest BCUT2D eigenvalue weighted by molar-refractivity contribution is -0.142. The Morgan fingerprint density at radius 2 is 2.17 bits per heavy atom. The van der Waals surface area contributed by atoms with Crippen molar-refractivity contribution in [2.24, 2.45) is 5.73 Å². The minimum absolute atomic E-state index is 0.201. The maximum atomic E-state index is 12.3. The van der Waals surface area contributed by atoms with Crippen LogP contribution in [0.5, 0.6) is 5.88 Å². The van der Waals surface area contributed by atoms with Crippen LogP contribution in [0.4, 0.5) is 0 Å². The number of ether oxygens (including phenoxy) is 2. The lowest BCUT2D eigenvalue weighted by atomic mass is 10.0. The Labute approximate surface area is 135 Å². The average Bonchev–Trinajstić information content (AvgIpc) is 3.05. The van der Waals surface area contributed by atoms with Gasteiger partial charge >= 0.3 is 0 Å². The van der Waals surface area contributed by atoms with E-state index in [2.05, 4.69) is 15.0 Å². The van der Waals surface area contributed by atoms with Crippen LogP contribution in [0.25, 0.3) is 0 Å². The first-order chi connectivity index (χ1) is 10.9. The molecule has 1 heterocycles. The molecular formula is C15H25N3O5. The molecule has 1 rings (SSSR count). The summed E-state index contributed by atoms with van der Waals surface area (Å²) in [6.45, 7) is 3.60. The summed E-state index contributed by atoms with van der Waals surface area (Å²) < 4.78 is 15.0. The number of hydrogen-bond acceptors (Lipinski definition) is 7. The normalized spacial score (nSPS) is 12.7. The van der Waals surface area contributed by atoms with Gasteiger partial charge in [-0.1, -0.05) is 0 Å². The number of rotatable bonds is 11. The second-order valence-corrected chi connectivity index (χ2v) is 5.62. The molecule has 0 fully saturated rings. The summed E-state index contributed by atoms with van der Waals surface area (Å²) in [4.78, 5) is 24.5. The quantitative estimate of drug-likeness (QED) is 0.573. The minimum atomic E-state index is -1.01. The third kappa shape index (κ3) is 6.37. The van der Waals surface area contributed by atoms with Gasteiger partial charge in [-0.05, 0) is 44.8 Å². The Bertz CT molecular complexity index is 487. The van der Waals surface area contributed by atoms with Crippen LogP contribution in [0.15, 0.2) is 16.9 Å². The van der Waals surface area contributed by atoms with Gasteiger partial charge in [0.05, 0.1) is 6.04 Å². The monoisotopic (exact) mass is 327 g/mol. The highest BCUT2D eigenvalue weighted by Gasteiger charge is 2.31. The Kier molecular flexibility index (Phi) is 7.70. The zero-order valence-electron chi connectivity index (χ0n) is 13.8. The van der Waals surface area contributed by atoms with Gasteiger partial charge in [-0.3, -0.25) is 9.59 Å². The third-order valence-electron chi connectivity index (χ3n) is 3.47. The van der Waals surface area contributed by atoms with Crippen molar-refractivity contribution in [2.75, 3.05) is 20.3 Å². The lowest BCUT2D eigenvalue weighted by Gasteiger charge is -2.25. The summed E-state index contributed by atoms with van der Waals surface area (Å²) in [7, 11) is 1.44. The molecule has 1 aromatic heterocycles. The molecule has 0 aliphatic rings. The number of nitrogens with one attached hydrogen (secondary N) is 1. The third-order valence-corrected chi connectivity index (χ3v) is 3.47. The van der Waals surface area contributed by atoms with Crippen molar-refractivity contribution < 1.29 is 23.6 Å². The van der Waals surface area contributed by atoms with Crippen LogP contribution in [0.1, 0.15) is 33.1 Å². The number of carbonyl (C=O) groups is 2. The van der Waals surface area contributed by atoms with Crippen LogP contribution in [0.3, 0.4) is 0 Å². The first-order valence-corrected chi connectivity index (χ1v) is 7.52. The molecule has 0 bridgehead atoms. The highest BCUT2D eigenvalue weighted by atomic mass is 16.5. The van der Waals surface area contributed by atoms with E-state index in [0.717, 1.165) is 12.8 Å². The Balaban J connectivity index is 2.62. The van der Waals surface area contributed by atoms with Crippen LogP contribution in [-0.2, 0) is 14.3 Å². The topological polar surface area (TPSA) is 117 Å². The number of amides is 1. The number of carbonyl (C=O) groups excluding carboxylic acids is 2. The highest BCUT2D eigenvalue weighted by molar-refractivity contribution is 5.92. The Morgan fingerprint density at radius 1 is 1.43 bits per heavy atom. The molecule has 23 heavy (non-hydrogen) atoms. The van der Waals surface area contributed by atoms with Gasteiger partial charge in [-0.15, -0.1) is 0 Å². The molecule has 0 spiro atoms. The van der Waals surface area contributed by atoms with Crippen LogP contribution in [0.2, 0.25) is 0 Å². The first-order valence-electron chi connectivity index (χ1n) is 7.52. The SMILES string of the molecule is COC(C)(C)C(=O)NC(CCCCN)C(=O)COc1ccon1. The molecule has 1 amide bonds. The lowest BCUT2D eigenvalue weighted by Crippen LogP contribution is -2.51. The Morgan fingerprint density at radius 3 is 2.74 bits per heavy atom. The van der Waals surface area contributed by atoms with Gasteiger partial charge in [0.15, 0.2) is 12.4 Å². The molecule has 1 unspecified atom stereocenters. The summed E-state index contributed by atoms with van der Waals surface area (Å²) in [5.74, 6) is -0.375. The van der Waals surface area contributed by atoms with E-state index in [-0.39, 0.29) is 24.2 Å². The summed E-state index contributed by atoms with van der Waals surface area (Å²) in [6, 6.07) is 0.846. The van der Waals surface area contributed by atoms with Gasteiger partial charge in [-0.25, -0.2) is 0 Å². The highest BCUT2D eigenvalue weighted by Crippen LogP contribution is 2.11. The summed E-state index contributed by atoms with van der Waals surface area (Å²) in [6.07, 6.45) is 3.34. The fraction of sp³-hybridized carbons (Fsp3) is 0.667. The van der Waals surface area contributed by atoms with Crippen LogP contribution in [-0.4, -0.2) is 48.8 Å². The zero-order chi connectivity index (χ0) is 17.3. The number of nitrogens with zero attached hydrogens (tertiary/aromatic N) is 1. The number of aromatic nitrogens is 1. The van der Waals surface area contributed by atoms with Crippen molar-refractivity contribution in [3.05, 3.63) is 12.3 Å². The number of unbranched alkanes of at least 4 members (excludes halogenated alkanes) is 1. The van der Waals surface area contributed by atoms with Crippen molar-refractivity contribution in [2.45, 2.75) is 44.8 Å². The van der Waals surface area contributed by atoms with Crippen LogP contribution < -0.4 is 15.8 Å².